The Morgan fingerprint density at radius 3 is 2.94 bits per heavy atom. The fourth-order valence-corrected chi connectivity index (χ4v) is 2.50. The van der Waals surface area contributed by atoms with Crippen molar-refractivity contribution in [2.24, 2.45) is 0 Å². The number of aliphatic hydroxyl groups is 1. The summed E-state index contributed by atoms with van der Waals surface area (Å²) in [6.07, 6.45) is 6.14. The maximum Gasteiger partial charge on any atom is 0.153 e. The molecule has 1 heterocycles. The van der Waals surface area contributed by atoms with Gasteiger partial charge in [-0.05, 0) is 25.0 Å². The fourth-order valence-electron chi connectivity index (χ4n) is 2.50. The average molecular weight is 234 g/mol. The maximum absolute atomic E-state index is 11.0. The van der Waals surface area contributed by atoms with E-state index >= 15 is 0 Å². The first-order valence-electron chi connectivity index (χ1n) is 6.05. The molecule has 0 aromatic carbocycles. The molecule has 0 bridgehead atoms. The van der Waals surface area contributed by atoms with Gasteiger partial charge in [-0.25, -0.2) is 4.98 Å². The smallest absolute Gasteiger partial charge is 0.153 e. The largest absolute Gasteiger partial charge is 0.391 e. The molecule has 1 aromatic heterocycles. The zero-order valence-corrected chi connectivity index (χ0v) is 10.0. The van der Waals surface area contributed by atoms with Crippen molar-refractivity contribution < 1.29 is 9.90 Å². The number of rotatable bonds is 3. The number of aldehydes is 1. The lowest BCUT2D eigenvalue weighted by atomic mass is 9.91. The Kier molecular flexibility index (Phi) is 3.74. The number of aromatic nitrogens is 1. The number of likely N-dealkylation sites (N-methyl/N-ethyl adjacent to an activating group) is 1. The first-order chi connectivity index (χ1) is 8.24. The van der Waals surface area contributed by atoms with E-state index in [4.69, 9.17) is 0 Å². The molecule has 1 aliphatic rings. The van der Waals surface area contributed by atoms with Gasteiger partial charge in [-0.3, -0.25) is 4.79 Å². The van der Waals surface area contributed by atoms with Crippen molar-refractivity contribution in [2.45, 2.75) is 37.8 Å². The number of anilines is 1. The highest BCUT2D eigenvalue weighted by molar-refractivity contribution is 5.82. The zero-order chi connectivity index (χ0) is 12.3. The highest BCUT2D eigenvalue weighted by Gasteiger charge is 2.28. The van der Waals surface area contributed by atoms with E-state index in [2.05, 4.69) is 4.98 Å². The summed E-state index contributed by atoms with van der Waals surface area (Å²) < 4.78 is 0. The minimum atomic E-state index is -0.324. The summed E-state index contributed by atoms with van der Waals surface area (Å²) in [5, 5.41) is 10.0. The number of carbonyl (C=O) groups excluding carboxylic acids is 1. The van der Waals surface area contributed by atoms with Crippen molar-refractivity contribution in [2.75, 3.05) is 11.9 Å². The third kappa shape index (κ3) is 2.47. The summed E-state index contributed by atoms with van der Waals surface area (Å²) >= 11 is 0. The van der Waals surface area contributed by atoms with E-state index in [0.29, 0.717) is 11.4 Å². The second-order valence-electron chi connectivity index (χ2n) is 4.56. The van der Waals surface area contributed by atoms with Crippen LogP contribution in [0.4, 0.5) is 5.82 Å². The minimum absolute atomic E-state index is 0.0670. The number of carbonyl (C=O) groups is 1. The number of nitrogens with zero attached hydrogens (tertiary/aromatic N) is 2. The second-order valence-corrected chi connectivity index (χ2v) is 4.56. The van der Waals surface area contributed by atoms with Gasteiger partial charge in [0, 0.05) is 13.2 Å². The second kappa shape index (κ2) is 5.27. The van der Waals surface area contributed by atoms with E-state index in [9.17, 15) is 9.90 Å². The molecule has 4 nitrogen and oxygen atoms in total. The van der Waals surface area contributed by atoms with Crippen LogP contribution >= 0.6 is 0 Å². The van der Waals surface area contributed by atoms with Gasteiger partial charge in [0.25, 0.3) is 0 Å². The minimum Gasteiger partial charge on any atom is -0.391 e. The van der Waals surface area contributed by atoms with Crippen molar-refractivity contribution in [1.82, 2.24) is 4.98 Å². The predicted octanol–water partition coefficient (Wildman–Crippen LogP) is 1.63. The molecule has 0 spiro atoms. The van der Waals surface area contributed by atoms with Gasteiger partial charge in [-0.2, -0.15) is 0 Å². The normalized spacial score (nSPS) is 24.4. The summed E-state index contributed by atoms with van der Waals surface area (Å²) in [7, 11) is 1.90. The van der Waals surface area contributed by atoms with Crippen LogP contribution in [0.15, 0.2) is 18.3 Å². The molecular formula is C13H18N2O2. The van der Waals surface area contributed by atoms with Crippen LogP contribution in [-0.4, -0.2) is 35.6 Å². The van der Waals surface area contributed by atoms with Gasteiger partial charge in [-0.1, -0.05) is 12.8 Å². The van der Waals surface area contributed by atoms with Crippen molar-refractivity contribution >= 4 is 12.1 Å². The van der Waals surface area contributed by atoms with Crippen LogP contribution in [-0.2, 0) is 0 Å². The number of hydrogen-bond donors (Lipinski definition) is 1. The Hall–Kier alpha value is -1.42. The Labute approximate surface area is 101 Å². The molecule has 2 unspecified atom stereocenters. The summed E-state index contributed by atoms with van der Waals surface area (Å²) in [4.78, 5) is 17.1. The first kappa shape index (κ1) is 12.0. The summed E-state index contributed by atoms with van der Waals surface area (Å²) in [6.45, 7) is 0. The third-order valence-corrected chi connectivity index (χ3v) is 3.47. The van der Waals surface area contributed by atoms with Gasteiger partial charge in [0.2, 0.25) is 0 Å². The molecule has 1 fully saturated rings. The maximum atomic E-state index is 11.0. The lowest BCUT2D eigenvalue weighted by molar-refractivity contribution is 0.105. The lowest BCUT2D eigenvalue weighted by Gasteiger charge is -2.36. The predicted molar refractivity (Wildman–Crippen MR) is 66.3 cm³/mol. The molecule has 0 saturated heterocycles. The van der Waals surface area contributed by atoms with E-state index in [-0.39, 0.29) is 12.1 Å². The fraction of sp³-hybridized carbons (Fsp3) is 0.538. The highest BCUT2D eigenvalue weighted by Crippen LogP contribution is 2.26. The van der Waals surface area contributed by atoms with E-state index in [1.807, 2.05) is 11.9 Å². The molecule has 0 aliphatic heterocycles. The molecule has 0 radical (unpaired) electrons. The average Bonchev–Trinajstić information content (AvgIpc) is 2.38. The zero-order valence-electron chi connectivity index (χ0n) is 10.0. The summed E-state index contributed by atoms with van der Waals surface area (Å²) in [5.74, 6) is 0.661. The van der Waals surface area contributed by atoms with E-state index in [1.54, 1.807) is 18.3 Å². The highest BCUT2D eigenvalue weighted by atomic mass is 16.3. The van der Waals surface area contributed by atoms with Gasteiger partial charge in [0.15, 0.2) is 6.29 Å². The molecule has 4 heteroatoms. The van der Waals surface area contributed by atoms with Crippen LogP contribution in [0, 0.1) is 0 Å². The molecule has 0 amide bonds. The van der Waals surface area contributed by atoms with Crippen LogP contribution < -0.4 is 4.90 Å². The molecule has 17 heavy (non-hydrogen) atoms. The van der Waals surface area contributed by atoms with Crippen molar-refractivity contribution in [3.05, 3.63) is 23.9 Å². The molecule has 2 rings (SSSR count). The molecule has 1 saturated carbocycles. The van der Waals surface area contributed by atoms with E-state index in [0.717, 1.165) is 32.0 Å². The number of pyridine rings is 1. The van der Waals surface area contributed by atoms with Gasteiger partial charge >= 0.3 is 0 Å². The Morgan fingerprint density at radius 2 is 2.24 bits per heavy atom. The Morgan fingerprint density at radius 1 is 1.47 bits per heavy atom. The van der Waals surface area contributed by atoms with Gasteiger partial charge < -0.3 is 10.0 Å². The molecular weight excluding hydrogens is 216 g/mol. The van der Waals surface area contributed by atoms with Crippen LogP contribution in [0.2, 0.25) is 0 Å². The lowest BCUT2D eigenvalue weighted by Crippen LogP contribution is -2.44. The van der Waals surface area contributed by atoms with Gasteiger partial charge in [0.1, 0.15) is 5.82 Å². The monoisotopic (exact) mass is 234 g/mol. The topological polar surface area (TPSA) is 53.4 Å². The summed E-state index contributed by atoms with van der Waals surface area (Å²) in [5.41, 5.74) is 0.577. The van der Waals surface area contributed by atoms with Crippen molar-refractivity contribution in [3.8, 4) is 0 Å². The van der Waals surface area contributed by atoms with Gasteiger partial charge in [-0.15, -0.1) is 0 Å². The Bertz CT molecular complexity index is 395. The molecule has 1 aromatic rings. The third-order valence-electron chi connectivity index (χ3n) is 3.47. The number of aliphatic hydroxyl groups excluding tert-OH is 1. The first-order valence-corrected chi connectivity index (χ1v) is 6.05. The molecule has 92 valence electrons. The number of hydrogen-bond acceptors (Lipinski definition) is 4. The quantitative estimate of drug-likeness (QED) is 0.808. The van der Waals surface area contributed by atoms with Gasteiger partial charge in [0.05, 0.1) is 17.7 Å². The van der Waals surface area contributed by atoms with Crippen molar-refractivity contribution in [3.63, 3.8) is 0 Å². The van der Waals surface area contributed by atoms with E-state index in [1.165, 1.54) is 0 Å². The van der Waals surface area contributed by atoms with Crippen LogP contribution in [0.25, 0.3) is 0 Å². The Balaban J connectivity index is 2.23. The molecule has 1 N–H and O–H groups in total. The van der Waals surface area contributed by atoms with Crippen LogP contribution in [0.1, 0.15) is 36.0 Å². The van der Waals surface area contributed by atoms with Crippen molar-refractivity contribution in [1.29, 1.82) is 0 Å². The van der Waals surface area contributed by atoms with E-state index < -0.39 is 0 Å². The molecule has 2 atom stereocenters. The standard InChI is InChI=1S/C13H18N2O2/c1-15(11-6-2-3-7-12(11)17)13-10(9-16)5-4-8-14-13/h4-5,8-9,11-12,17H,2-3,6-7H2,1H3. The molecule has 1 aliphatic carbocycles. The van der Waals surface area contributed by atoms with Crippen LogP contribution in [0.3, 0.4) is 0 Å². The summed E-state index contributed by atoms with van der Waals surface area (Å²) in [6, 6.07) is 3.57. The SMILES string of the molecule is CN(c1ncccc1C=O)C1CCCCC1O. The van der Waals surface area contributed by atoms with Crippen LogP contribution in [0.5, 0.6) is 0 Å².